The maximum atomic E-state index is 10.5. The highest BCUT2D eigenvalue weighted by molar-refractivity contribution is 7.79. The maximum absolute atomic E-state index is 10.5. The van der Waals surface area contributed by atoms with Crippen molar-refractivity contribution in [2.24, 2.45) is 0 Å². The Morgan fingerprint density at radius 2 is 2.07 bits per heavy atom. The molecule has 1 rings (SSSR count). The van der Waals surface area contributed by atoms with Crippen molar-refractivity contribution in [1.29, 1.82) is 0 Å². The van der Waals surface area contributed by atoms with Crippen LogP contribution >= 0.6 is 0 Å². The van der Waals surface area contributed by atoms with Crippen LogP contribution in [-0.2, 0) is 17.6 Å². The molecule has 1 aromatic carbocycles. The highest BCUT2D eigenvalue weighted by Gasteiger charge is 2.00. The summed E-state index contributed by atoms with van der Waals surface area (Å²) in [5, 5.41) is 2.35. The van der Waals surface area contributed by atoms with Crippen LogP contribution in [0.3, 0.4) is 0 Å². The lowest BCUT2D eigenvalue weighted by atomic mass is 10.2. The molecule has 0 bridgehead atoms. The first-order valence-corrected chi connectivity index (χ1v) is 5.71. The Labute approximate surface area is 91.9 Å². The summed E-state index contributed by atoms with van der Waals surface area (Å²) >= 11 is -2.08. The second-order valence-electron chi connectivity index (χ2n) is 3.13. The molecule has 0 saturated heterocycles. The molecule has 0 aliphatic carbocycles. The van der Waals surface area contributed by atoms with Crippen molar-refractivity contribution in [2.45, 2.75) is 18.8 Å². The average molecular weight is 228 g/mol. The smallest absolute Gasteiger partial charge is 0.118 e. The van der Waals surface area contributed by atoms with E-state index in [4.69, 9.17) is 4.74 Å². The number of ether oxygens (including phenoxy) is 1. The van der Waals surface area contributed by atoms with Gasteiger partial charge in [-0.05, 0) is 35.7 Å². The quantitative estimate of drug-likeness (QED) is 0.764. The fourth-order valence-electron chi connectivity index (χ4n) is 1.07. The molecule has 2 unspecified atom stereocenters. The minimum atomic E-state index is -2.08. The molecule has 4 nitrogen and oxygen atoms in total. The van der Waals surface area contributed by atoms with Gasteiger partial charge in [0.1, 0.15) is 5.75 Å². The van der Waals surface area contributed by atoms with E-state index in [0.717, 1.165) is 11.3 Å². The van der Waals surface area contributed by atoms with Gasteiger partial charge in [-0.3, -0.25) is 4.21 Å². The summed E-state index contributed by atoms with van der Waals surface area (Å²) in [5.74, 6) is 0.791. The second-order valence-corrected chi connectivity index (χ2v) is 4.36. The Balaban J connectivity index is 2.47. The van der Waals surface area contributed by atoms with Gasteiger partial charge in [0.05, 0.1) is 12.5 Å². The zero-order chi connectivity index (χ0) is 11.3. The normalized spacial score (nSPS) is 14.6. The minimum absolute atomic E-state index is 0.527. The van der Waals surface area contributed by atoms with Gasteiger partial charge in [-0.1, -0.05) is 12.1 Å². The average Bonchev–Trinajstić information content (AvgIpc) is 2.26. The minimum Gasteiger partial charge on any atom is -0.771 e. The summed E-state index contributed by atoms with van der Waals surface area (Å²) in [7, 11) is 1.61. The number of hydrogen-bond acceptors (Lipinski definition) is 4. The van der Waals surface area contributed by atoms with E-state index in [1.807, 2.05) is 24.3 Å². The van der Waals surface area contributed by atoms with Gasteiger partial charge in [0.15, 0.2) is 0 Å². The molecule has 0 saturated carbocycles. The van der Waals surface area contributed by atoms with Gasteiger partial charge in [0, 0.05) is 6.54 Å². The van der Waals surface area contributed by atoms with Crippen LogP contribution in [0.15, 0.2) is 24.3 Å². The fourth-order valence-corrected chi connectivity index (χ4v) is 1.29. The molecule has 1 N–H and O–H groups in total. The van der Waals surface area contributed by atoms with Crippen molar-refractivity contribution in [3.05, 3.63) is 29.8 Å². The molecule has 0 aliphatic rings. The first-order valence-electron chi connectivity index (χ1n) is 4.58. The molecule has 0 radical (unpaired) electrons. The lowest BCUT2D eigenvalue weighted by molar-refractivity contribution is 0.414. The number of hydrogen-bond donors (Lipinski definition) is 1. The summed E-state index contributed by atoms with van der Waals surface area (Å²) in [5.41, 5.74) is 1.02. The van der Waals surface area contributed by atoms with E-state index in [-0.39, 0.29) is 0 Å². The van der Waals surface area contributed by atoms with Gasteiger partial charge in [-0.2, -0.15) is 0 Å². The van der Waals surface area contributed by atoms with Crippen LogP contribution in [-0.4, -0.2) is 21.2 Å². The van der Waals surface area contributed by atoms with Gasteiger partial charge >= 0.3 is 0 Å². The van der Waals surface area contributed by atoms with Crippen LogP contribution in [0.1, 0.15) is 12.5 Å². The van der Waals surface area contributed by atoms with Crippen LogP contribution < -0.4 is 10.1 Å². The monoisotopic (exact) mass is 228 g/mol. The predicted molar refractivity (Wildman–Crippen MR) is 58.2 cm³/mol. The van der Waals surface area contributed by atoms with Crippen LogP contribution in [0.2, 0.25) is 0 Å². The predicted octanol–water partition coefficient (Wildman–Crippen LogP) is 1.01. The molecule has 15 heavy (non-hydrogen) atoms. The molecule has 0 heterocycles. The van der Waals surface area contributed by atoms with E-state index in [1.54, 1.807) is 14.0 Å². The Hall–Kier alpha value is -0.910. The van der Waals surface area contributed by atoms with Crippen molar-refractivity contribution in [1.82, 2.24) is 5.32 Å². The third kappa shape index (κ3) is 3.99. The van der Waals surface area contributed by atoms with E-state index in [0.29, 0.717) is 6.54 Å². The molecule has 0 spiro atoms. The summed E-state index contributed by atoms with van der Waals surface area (Å²) < 4.78 is 26.1. The lowest BCUT2D eigenvalue weighted by Crippen LogP contribution is -2.29. The molecular weight excluding hydrogens is 214 g/mol. The maximum Gasteiger partial charge on any atom is 0.118 e. The van der Waals surface area contributed by atoms with E-state index < -0.39 is 16.5 Å². The van der Waals surface area contributed by atoms with Crippen molar-refractivity contribution in [3.8, 4) is 5.75 Å². The zero-order valence-corrected chi connectivity index (χ0v) is 9.54. The molecule has 0 fully saturated rings. The summed E-state index contributed by atoms with van der Waals surface area (Å²) in [6, 6.07) is 7.48. The zero-order valence-electron chi connectivity index (χ0n) is 8.73. The Morgan fingerprint density at radius 3 is 2.53 bits per heavy atom. The van der Waals surface area contributed by atoms with Crippen LogP contribution in [0.5, 0.6) is 5.75 Å². The third-order valence-corrected chi connectivity index (χ3v) is 2.79. The summed E-state index contributed by atoms with van der Waals surface area (Å²) in [4.78, 5) is 0. The van der Waals surface area contributed by atoms with Crippen molar-refractivity contribution in [3.63, 3.8) is 0 Å². The van der Waals surface area contributed by atoms with E-state index in [1.165, 1.54) is 0 Å². The topological polar surface area (TPSA) is 61.4 Å². The number of nitrogens with one attached hydrogen (secondary N) is 1. The Bertz CT molecular complexity index is 326. The molecule has 5 heteroatoms. The molecule has 0 amide bonds. The van der Waals surface area contributed by atoms with E-state index in [9.17, 15) is 8.76 Å². The molecule has 84 valence electrons. The summed E-state index contributed by atoms with van der Waals surface area (Å²) in [6.07, 6.45) is 0. The molecule has 1 aromatic rings. The SMILES string of the molecule is COc1ccc(CNC(C)S(=O)[O-])cc1. The molecule has 0 aromatic heterocycles. The van der Waals surface area contributed by atoms with Gasteiger partial charge in [0.2, 0.25) is 0 Å². The summed E-state index contributed by atoms with van der Waals surface area (Å²) in [6.45, 7) is 2.13. The Kier molecular flexibility index (Phi) is 4.74. The number of benzene rings is 1. The highest BCUT2D eigenvalue weighted by Crippen LogP contribution is 2.11. The van der Waals surface area contributed by atoms with Gasteiger partial charge < -0.3 is 14.6 Å². The van der Waals surface area contributed by atoms with Gasteiger partial charge in [0.25, 0.3) is 0 Å². The van der Waals surface area contributed by atoms with E-state index in [2.05, 4.69) is 5.32 Å². The van der Waals surface area contributed by atoms with Crippen LogP contribution in [0.4, 0.5) is 0 Å². The number of rotatable bonds is 5. The van der Waals surface area contributed by atoms with Crippen molar-refractivity contribution in [2.75, 3.05) is 7.11 Å². The largest absolute Gasteiger partial charge is 0.771 e. The fraction of sp³-hybridized carbons (Fsp3) is 0.400. The Morgan fingerprint density at radius 1 is 1.47 bits per heavy atom. The van der Waals surface area contributed by atoms with Gasteiger partial charge in [-0.25, -0.2) is 0 Å². The second kappa shape index (κ2) is 5.85. The van der Waals surface area contributed by atoms with Crippen molar-refractivity contribution < 1.29 is 13.5 Å². The van der Waals surface area contributed by atoms with Crippen LogP contribution in [0.25, 0.3) is 0 Å². The van der Waals surface area contributed by atoms with Crippen molar-refractivity contribution >= 4 is 11.1 Å². The molecular formula is C10H14NO3S-. The highest BCUT2D eigenvalue weighted by atomic mass is 32.2. The molecule has 0 aliphatic heterocycles. The molecule has 2 atom stereocenters. The van der Waals surface area contributed by atoms with Crippen LogP contribution in [0, 0.1) is 0 Å². The standard InChI is InChI=1S/C10H15NO3S/c1-8(15(12)13)11-7-9-3-5-10(14-2)6-4-9/h3-6,8,11H,7H2,1-2H3,(H,12,13)/p-1. The van der Waals surface area contributed by atoms with Gasteiger partial charge in [-0.15, -0.1) is 0 Å². The number of methoxy groups -OCH3 is 1. The first-order chi connectivity index (χ1) is 7.13. The first kappa shape index (κ1) is 12.2. The van der Waals surface area contributed by atoms with E-state index >= 15 is 0 Å². The third-order valence-electron chi connectivity index (χ3n) is 2.04. The lowest BCUT2D eigenvalue weighted by Gasteiger charge is -2.16.